The molecule has 0 aliphatic carbocycles. The Labute approximate surface area is 147 Å². The minimum absolute atomic E-state index is 0.0640. The molecule has 0 amide bonds. The summed E-state index contributed by atoms with van der Waals surface area (Å²) in [5.41, 5.74) is 0.953. The van der Waals surface area contributed by atoms with Crippen molar-refractivity contribution in [3.63, 3.8) is 0 Å². The first-order valence-corrected chi connectivity index (χ1v) is 7.90. The van der Waals surface area contributed by atoms with Gasteiger partial charge in [0.1, 0.15) is 5.75 Å². The first-order chi connectivity index (χ1) is 11.6. The van der Waals surface area contributed by atoms with E-state index in [1.54, 1.807) is 24.3 Å². The van der Waals surface area contributed by atoms with Crippen molar-refractivity contribution in [1.82, 2.24) is 10.2 Å². The summed E-state index contributed by atoms with van der Waals surface area (Å²) in [5, 5.41) is 21.0. The molecule has 118 valence electrons. The Balaban J connectivity index is 1.92. The van der Waals surface area contributed by atoms with Crippen molar-refractivity contribution in [2.24, 2.45) is 0 Å². The molecular formula is C18H10Cl2N2O2. The van der Waals surface area contributed by atoms with E-state index in [-0.39, 0.29) is 17.5 Å². The van der Waals surface area contributed by atoms with E-state index in [4.69, 9.17) is 27.6 Å². The van der Waals surface area contributed by atoms with Crippen LogP contribution in [0, 0.1) is 0 Å². The highest BCUT2D eigenvalue weighted by molar-refractivity contribution is 6.38. The molecule has 1 aromatic heterocycles. The van der Waals surface area contributed by atoms with E-state index in [2.05, 4.69) is 10.2 Å². The van der Waals surface area contributed by atoms with Gasteiger partial charge in [0.25, 0.3) is 11.8 Å². The summed E-state index contributed by atoms with van der Waals surface area (Å²) in [6.45, 7) is 0. The lowest BCUT2D eigenvalue weighted by atomic mass is 10.0. The fraction of sp³-hybridized carbons (Fsp3) is 0. The molecule has 0 aliphatic heterocycles. The van der Waals surface area contributed by atoms with Crippen LogP contribution >= 0.6 is 23.2 Å². The van der Waals surface area contributed by atoms with E-state index in [1.165, 1.54) is 0 Å². The molecule has 0 atom stereocenters. The monoisotopic (exact) mass is 356 g/mol. The third-order valence-electron chi connectivity index (χ3n) is 3.72. The van der Waals surface area contributed by atoms with Gasteiger partial charge in [-0.15, -0.1) is 10.2 Å². The number of fused-ring (bicyclic) bond motifs is 1. The minimum Gasteiger partial charge on any atom is -0.507 e. The van der Waals surface area contributed by atoms with E-state index >= 15 is 0 Å². The molecule has 0 aliphatic rings. The van der Waals surface area contributed by atoms with Crippen molar-refractivity contribution >= 4 is 34.0 Å². The Morgan fingerprint density at radius 3 is 2.17 bits per heavy atom. The maximum Gasteiger partial charge on any atom is 0.252 e. The molecule has 0 saturated heterocycles. The van der Waals surface area contributed by atoms with Gasteiger partial charge in [0.05, 0.1) is 21.2 Å². The number of aromatic hydroxyl groups is 1. The molecule has 24 heavy (non-hydrogen) atoms. The summed E-state index contributed by atoms with van der Waals surface area (Å²) >= 11 is 12.4. The molecule has 0 fully saturated rings. The third-order valence-corrected chi connectivity index (χ3v) is 4.35. The van der Waals surface area contributed by atoms with Gasteiger partial charge >= 0.3 is 0 Å². The van der Waals surface area contributed by atoms with Crippen molar-refractivity contribution in [2.75, 3.05) is 0 Å². The Bertz CT molecular complexity index is 1040. The van der Waals surface area contributed by atoms with Crippen molar-refractivity contribution in [3.05, 3.63) is 64.6 Å². The number of rotatable bonds is 2. The Kier molecular flexibility index (Phi) is 3.63. The van der Waals surface area contributed by atoms with E-state index in [9.17, 15) is 5.11 Å². The van der Waals surface area contributed by atoms with Gasteiger partial charge in [0.15, 0.2) is 0 Å². The number of phenolic OH excluding ortho intramolecular Hbond substituents is 1. The zero-order chi connectivity index (χ0) is 16.7. The highest BCUT2D eigenvalue weighted by atomic mass is 35.5. The van der Waals surface area contributed by atoms with Crippen LogP contribution in [-0.4, -0.2) is 15.3 Å². The second-order valence-electron chi connectivity index (χ2n) is 5.19. The molecule has 0 bridgehead atoms. The lowest BCUT2D eigenvalue weighted by Crippen LogP contribution is -1.83. The van der Waals surface area contributed by atoms with Crippen molar-refractivity contribution < 1.29 is 9.52 Å². The lowest BCUT2D eigenvalue weighted by Gasteiger charge is -2.05. The van der Waals surface area contributed by atoms with Gasteiger partial charge in [-0.1, -0.05) is 59.6 Å². The largest absolute Gasteiger partial charge is 0.507 e. The summed E-state index contributed by atoms with van der Waals surface area (Å²) in [5.74, 6) is 0.470. The average molecular weight is 357 g/mol. The van der Waals surface area contributed by atoms with Gasteiger partial charge in [-0.05, 0) is 29.0 Å². The Morgan fingerprint density at radius 2 is 1.42 bits per heavy atom. The molecule has 0 radical (unpaired) electrons. The lowest BCUT2D eigenvalue weighted by molar-refractivity contribution is 0.474. The standard InChI is InChI=1S/C18H10Cl2N2O2/c19-12-6-3-7-13(20)16(12)18-22-21-17(24-18)15-11-5-2-1-4-10(11)8-9-14(15)23/h1-9,23H. The molecule has 4 nitrogen and oxygen atoms in total. The summed E-state index contributed by atoms with van der Waals surface area (Å²) in [6, 6.07) is 16.2. The number of halogens is 2. The molecule has 4 aromatic rings. The van der Waals surface area contributed by atoms with Crippen LogP contribution in [0.5, 0.6) is 5.75 Å². The molecule has 4 rings (SSSR count). The molecule has 3 aromatic carbocycles. The van der Waals surface area contributed by atoms with E-state index < -0.39 is 0 Å². The third kappa shape index (κ3) is 2.40. The Hall–Kier alpha value is -2.56. The summed E-state index contributed by atoms with van der Waals surface area (Å²) in [7, 11) is 0. The first-order valence-electron chi connectivity index (χ1n) is 7.14. The van der Waals surface area contributed by atoms with Gasteiger partial charge in [-0.25, -0.2) is 0 Å². The molecule has 0 unspecified atom stereocenters. The van der Waals surface area contributed by atoms with Crippen molar-refractivity contribution in [2.45, 2.75) is 0 Å². The van der Waals surface area contributed by atoms with Crippen LogP contribution in [-0.2, 0) is 0 Å². The number of hydrogen-bond acceptors (Lipinski definition) is 4. The summed E-state index contributed by atoms with van der Waals surface area (Å²) in [4.78, 5) is 0. The van der Waals surface area contributed by atoms with Crippen LogP contribution < -0.4 is 0 Å². The Morgan fingerprint density at radius 1 is 0.750 bits per heavy atom. The highest BCUT2D eigenvalue weighted by Crippen LogP contribution is 2.39. The predicted octanol–water partition coefficient (Wildman–Crippen LogP) is 5.57. The number of nitrogens with zero attached hydrogens (tertiary/aromatic N) is 2. The number of benzene rings is 3. The molecule has 1 heterocycles. The molecule has 0 spiro atoms. The summed E-state index contributed by atoms with van der Waals surface area (Å²) < 4.78 is 5.76. The highest BCUT2D eigenvalue weighted by Gasteiger charge is 2.19. The molecule has 6 heteroatoms. The van der Waals surface area contributed by atoms with Gasteiger partial charge in [0.2, 0.25) is 0 Å². The van der Waals surface area contributed by atoms with Gasteiger partial charge in [0, 0.05) is 0 Å². The second kappa shape index (κ2) is 5.82. The minimum atomic E-state index is 0.0640. The van der Waals surface area contributed by atoms with E-state index in [0.29, 0.717) is 21.2 Å². The number of hydrogen-bond donors (Lipinski definition) is 1. The maximum absolute atomic E-state index is 10.3. The zero-order valence-corrected chi connectivity index (χ0v) is 13.7. The van der Waals surface area contributed by atoms with Crippen molar-refractivity contribution in [1.29, 1.82) is 0 Å². The average Bonchev–Trinajstić information content (AvgIpc) is 3.03. The fourth-order valence-corrected chi connectivity index (χ4v) is 3.17. The van der Waals surface area contributed by atoms with E-state index in [0.717, 1.165) is 10.8 Å². The zero-order valence-electron chi connectivity index (χ0n) is 12.2. The fourth-order valence-electron chi connectivity index (χ4n) is 2.61. The smallest absolute Gasteiger partial charge is 0.252 e. The number of aromatic nitrogens is 2. The SMILES string of the molecule is Oc1ccc2ccccc2c1-c1nnc(-c2c(Cl)cccc2Cl)o1. The second-order valence-corrected chi connectivity index (χ2v) is 6.00. The first kappa shape index (κ1) is 15.0. The quantitative estimate of drug-likeness (QED) is 0.510. The van der Waals surface area contributed by atoms with Crippen LogP contribution in [0.25, 0.3) is 33.7 Å². The normalized spacial score (nSPS) is 11.1. The van der Waals surface area contributed by atoms with Gasteiger partial charge < -0.3 is 9.52 Å². The van der Waals surface area contributed by atoms with Gasteiger partial charge in [-0.3, -0.25) is 0 Å². The topological polar surface area (TPSA) is 59.2 Å². The van der Waals surface area contributed by atoms with E-state index in [1.807, 2.05) is 30.3 Å². The molecular weight excluding hydrogens is 347 g/mol. The predicted molar refractivity (Wildman–Crippen MR) is 94.4 cm³/mol. The van der Waals surface area contributed by atoms with Crippen LogP contribution in [0.1, 0.15) is 0 Å². The maximum atomic E-state index is 10.3. The van der Waals surface area contributed by atoms with Crippen LogP contribution in [0.4, 0.5) is 0 Å². The molecule has 0 saturated carbocycles. The van der Waals surface area contributed by atoms with Crippen molar-refractivity contribution in [3.8, 4) is 28.7 Å². The van der Waals surface area contributed by atoms with Gasteiger partial charge in [-0.2, -0.15) is 0 Å². The van der Waals surface area contributed by atoms with Crippen LogP contribution in [0.15, 0.2) is 59.0 Å². The molecule has 1 N–H and O–H groups in total. The summed E-state index contributed by atoms with van der Waals surface area (Å²) in [6.07, 6.45) is 0. The number of phenols is 1. The van der Waals surface area contributed by atoms with Crippen LogP contribution in [0.3, 0.4) is 0 Å². The van der Waals surface area contributed by atoms with Crippen LogP contribution in [0.2, 0.25) is 10.0 Å².